The summed E-state index contributed by atoms with van der Waals surface area (Å²) >= 11 is 0. The lowest BCUT2D eigenvalue weighted by molar-refractivity contribution is -0.144. The van der Waals surface area contributed by atoms with Crippen LogP contribution in [0.5, 0.6) is 0 Å². The topological polar surface area (TPSA) is 150 Å². The van der Waals surface area contributed by atoms with Crippen LogP contribution in [-0.4, -0.2) is 82.1 Å². The molecule has 2 aliphatic heterocycles. The van der Waals surface area contributed by atoms with Gasteiger partial charge in [0.15, 0.2) is 11.6 Å². The maximum absolute atomic E-state index is 14.6. The SMILES string of the molecule is CC(C)(C)[C@H](NC(=O)N[C@H](CN1C(=O)c2ccccc2C1=O)C(C)(C)C)C(=O)N1C[C@@H]2CCC[C@@H]2[C@H]1C(=O)CC(CC1CCC1)C(=O)C(=O)CC1CC1. The Labute approximate surface area is 313 Å². The minimum Gasteiger partial charge on any atom is -0.333 e. The van der Waals surface area contributed by atoms with E-state index < -0.39 is 58.5 Å². The molecule has 1 aromatic carbocycles. The molecule has 5 aliphatic rings. The van der Waals surface area contributed by atoms with Gasteiger partial charge in [-0.3, -0.25) is 33.7 Å². The van der Waals surface area contributed by atoms with Gasteiger partial charge in [0.25, 0.3) is 11.8 Å². The maximum Gasteiger partial charge on any atom is 0.315 e. The van der Waals surface area contributed by atoms with Gasteiger partial charge in [0, 0.05) is 25.3 Å². The van der Waals surface area contributed by atoms with Crippen LogP contribution >= 0.6 is 0 Å². The predicted octanol–water partition coefficient (Wildman–Crippen LogP) is 5.74. The van der Waals surface area contributed by atoms with Crippen molar-refractivity contribution in [2.75, 3.05) is 13.1 Å². The number of carbonyl (C=O) groups is 7. The van der Waals surface area contributed by atoms with Crippen molar-refractivity contribution in [3.8, 4) is 0 Å². The number of urea groups is 1. The summed E-state index contributed by atoms with van der Waals surface area (Å²) in [6.07, 6.45) is 8.49. The smallest absolute Gasteiger partial charge is 0.315 e. The minimum atomic E-state index is -0.996. The lowest BCUT2D eigenvalue weighted by atomic mass is 9.75. The van der Waals surface area contributed by atoms with E-state index in [0.717, 1.165) is 56.3 Å². The Morgan fingerprint density at radius 3 is 1.96 bits per heavy atom. The first-order chi connectivity index (χ1) is 24.9. The largest absolute Gasteiger partial charge is 0.333 e. The van der Waals surface area contributed by atoms with E-state index in [0.29, 0.717) is 30.0 Å². The molecule has 0 aromatic heterocycles. The van der Waals surface area contributed by atoms with Crippen LogP contribution in [0.4, 0.5) is 4.79 Å². The van der Waals surface area contributed by atoms with E-state index >= 15 is 0 Å². The highest BCUT2D eigenvalue weighted by Gasteiger charge is 2.52. The molecule has 0 radical (unpaired) electrons. The Kier molecular flexibility index (Phi) is 11.1. The highest BCUT2D eigenvalue weighted by atomic mass is 16.2. The van der Waals surface area contributed by atoms with E-state index in [4.69, 9.17) is 0 Å². The molecular weight excluding hydrogens is 672 g/mol. The predicted molar refractivity (Wildman–Crippen MR) is 199 cm³/mol. The van der Waals surface area contributed by atoms with E-state index in [1.165, 1.54) is 0 Å². The van der Waals surface area contributed by atoms with E-state index in [1.807, 2.05) is 41.5 Å². The lowest BCUT2D eigenvalue weighted by Crippen LogP contribution is -2.61. The average molecular weight is 731 g/mol. The van der Waals surface area contributed by atoms with E-state index in [9.17, 15) is 33.6 Å². The van der Waals surface area contributed by atoms with Crippen molar-refractivity contribution in [2.24, 2.45) is 40.4 Å². The Morgan fingerprint density at radius 2 is 1.42 bits per heavy atom. The van der Waals surface area contributed by atoms with Gasteiger partial charge in [-0.05, 0) is 78.7 Å². The van der Waals surface area contributed by atoms with E-state index in [-0.39, 0.29) is 54.6 Å². The summed E-state index contributed by atoms with van der Waals surface area (Å²) in [5.41, 5.74) is -0.643. The zero-order valence-corrected chi connectivity index (χ0v) is 32.4. The summed E-state index contributed by atoms with van der Waals surface area (Å²) in [5, 5.41) is 5.89. The average Bonchev–Trinajstić information content (AvgIpc) is 3.55. The molecule has 2 N–H and O–H groups in total. The lowest BCUT2D eigenvalue weighted by Gasteiger charge is -2.38. The third-order valence-corrected chi connectivity index (χ3v) is 12.6. The van der Waals surface area contributed by atoms with Gasteiger partial charge < -0.3 is 15.5 Å². The number of ketones is 3. The number of rotatable bonds is 14. The quantitative estimate of drug-likeness (QED) is 0.183. The van der Waals surface area contributed by atoms with Crippen LogP contribution in [-0.2, 0) is 19.2 Å². The molecule has 6 rings (SSSR count). The number of fused-ring (bicyclic) bond motifs is 2. The Morgan fingerprint density at radius 1 is 0.792 bits per heavy atom. The summed E-state index contributed by atoms with van der Waals surface area (Å²) in [6.45, 7) is 11.7. The molecule has 11 heteroatoms. The highest BCUT2D eigenvalue weighted by molar-refractivity contribution is 6.38. The normalized spacial score (nSPS) is 24.6. The Hall–Kier alpha value is -3.89. The van der Waals surface area contributed by atoms with Crippen LogP contribution in [0.3, 0.4) is 0 Å². The molecule has 6 atom stereocenters. The van der Waals surface area contributed by atoms with Crippen LogP contribution in [0.15, 0.2) is 24.3 Å². The molecule has 1 saturated heterocycles. The molecule has 1 aromatic rings. The minimum absolute atomic E-state index is 0.0209. The number of imide groups is 1. The standard InChI is InChI=1S/C42H58N4O7/c1-41(2,3)33(23-46-37(50)29-14-7-8-15-30(29)38(46)51)43-40(53)44-36(42(4,5)6)39(52)45-22-26-13-10-16-28(26)34(45)31(47)21-27(19-24-11-9-12-24)35(49)32(48)20-25-17-18-25/h7-8,14-15,24-28,33-34,36H,9-13,16-23H2,1-6H3,(H2,43,44,53)/t26-,27?,28-,33+,34-,36+/m0/s1. The number of Topliss-reactive ketones (excluding diaryl/α,β-unsaturated/α-hetero) is 3. The molecular formula is C42H58N4O7. The van der Waals surface area contributed by atoms with Crippen LogP contribution in [0.1, 0.15) is 133 Å². The number of hydrogen-bond acceptors (Lipinski definition) is 7. The second-order valence-corrected chi connectivity index (χ2v) is 18.7. The zero-order chi connectivity index (χ0) is 38.4. The van der Waals surface area contributed by atoms with Gasteiger partial charge in [-0.15, -0.1) is 0 Å². The fraction of sp³-hybridized carbons (Fsp3) is 0.690. The molecule has 1 unspecified atom stereocenters. The van der Waals surface area contributed by atoms with Gasteiger partial charge >= 0.3 is 6.03 Å². The van der Waals surface area contributed by atoms with Crippen molar-refractivity contribution in [1.29, 1.82) is 0 Å². The van der Waals surface area contributed by atoms with Crippen LogP contribution in [0.25, 0.3) is 0 Å². The van der Waals surface area contributed by atoms with Gasteiger partial charge in [-0.2, -0.15) is 0 Å². The van der Waals surface area contributed by atoms with E-state index in [1.54, 1.807) is 29.2 Å². The zero-order valence-electron chi connectivity index (χ0n) is 32.4. The fourth-order valence-corrected chi connectivity index (χ4v) is 8.90. The number of hydrogen-bond donors (Lipinski definition) is 2. The second kappa shape index (κ2) is 15.1. The number of benzene rings is 1. The van der Waals surface area contributed by atoms with Crippen molar-refractivity contribution < 1.29 is 33.6 Å². The fourth-order valence-electron chi connectivity index (χ4n) is 8.90. The number of nitrogens with zero attached hydrogens (tertiary/aromatic N) is 2. The van der Waals surface area contributed by atoms with Gasteiger partial charge in [0.1, 0.15) is 6.04 Å². The van der Waals surface area contributed by atoms with Crippen molar-refractivity contribution >= 4 is 41.1 Å². The summed E-state index contributed by atoms with van der Waals surface area (Å²) in [4.78, 5) is 98.6. The monoisotopic (exact) mass is 730 g/mol. The molecule has 288 valence electrons. The van der Waals surface area contributed by atoms with Gasteiger partial charge in [0.2, 0.25) is 11.7 Å². The van der Waals surface area contributed by atoms with Crippen LogP contribution < -0.4 is 10.6 Å². The maximum atomic E-state index is 14.6. The van der Waals surface area contributed by atoms with E-state index in [2.05, 4.69) is 10.6 Å². The number of amides is 5. The van der Waals surface area contributed by atoms with Crippen molar-refractivity contribution in [3.05, 3.63) is 35.4 Å². The van der Waals surface area contributed by atoms with Gasteiger partial charge in [0.05, 0.1) is 29.8 Å². The molecule has 0 spiro atoms. The number of nitrogens with one attached hydrogen (secondary N) is 2. The Bertz CT molecular complexity index is 1610. The first-order valence-corrected chi connectivity index (χ1v) is 19.9. The first kappa shape index (κ1) is 38.8. The summed E-state index contributed by atoms with van der Waals surface area (Å²) in [7, 11) is 0. The van der Waals surface area contributed by atoms with Crippen molar-refractivity contribution in [2.45, 2.75) is 130 Å². The summed E-state index contributed by atoms with van der Waals surface area (Å²) < 4.78 is 0. The molecule has 11 nitrogen and oxygen atoms in total. The molecule has 2 heterocycles. The third kappa shape index (κ3) is 8.44. The second-order valence-electron chi connectivity index (χ2n) is 18.7. The van der Waals surface area contributed by atoms with Crippen molar-refractivity contribution in [3.63, 3.8) is 0 Å². The number of likely N-dealkylation sites (tertiary alicyclic amines) is 1. The molecule has 3 aliphatic carbocycles. The third-order valence-electron chi connectivity index (χ3n) is 12.6. The molecule has 0 bridgehead atoms. The Balaban J connectivity index is 1.17. The van der Waals surface area contributed by atoms with Crippen LogP contribution in [0.2, 0.25) is 0 Å². The molecule has 4 fully saturated rings. The highest BCUT2D eigenvalue weighted by Crippen LogP contribution is 2.45. The van der Waals surface area contributed by atoms with Gasteiger partial charge in [-0.1, -0.05) is 79.4 Å². The van der Waals surface area contributed by atoms with Gasteiger partial charge in [-0.25, -0.2) is 4.79 Å². The molecule has 3 saturated carbocycles. The molecule has 53 heavy (non-hydrogen) atoms. The first-order valence-electron chi connectivity index (χ1n) is 19.9. The van der Waals surface area contributed by atoms with Crippen LogP contribution in [0, 0.1) is 40.4 Å². The molecule has 5 amide bonds. The summed E-state index contributed by atoms with van der Waals surface area (Å²) in [5.74, 6) is -2.00. The summed E-state index contributed by atoms with van der Waals surface area (Å²) in [6, 6.07) is 3.69. The van der Waals surface area contributed by atoms with Crippen molar-refractivity contribution in [1.82, 2.24) is 20.4 Å². The number of carbonyl (C=O) groups excluding carboxylic acids is 7.